The van der Waals surface area contributed by atoms with E-state index in [1.54, 1.807) is 35.2 Å². The van der Waals surface area contributed by atoms with E-state index in [1.165, 1.54) is 12.0 Å². The number of nitrogens with zero attached hydrogens (tertiary/aromatic N) is 2. The Morgan fingerprint density at radius 3 is 2.29 bits per heavy atom. The van der Waals surface area contributed by atoms with Gasteiger partial charge in [-0.3, -0.25) is 9.59 Å². The minimum absolute atomic E-state index is 0.0860. The first-order valence-electron chi connectivity index (χ1n) is 13.0. The van der Waals surface area contributed by atoms with Gasteiger partial charge in [0.1, 0.15) is 17.0 Å². The summed E-state index contributed by atoms with van der Waals surface area (Å²) in [4.78, 5) is 45.1. The molecule has 8 nitrogen and oxygen atoms in total. The van der Waals surface area contributed by atoms with Gasteiger partial charge in [0.25, 0.3) is 11.5 Å². The number of fused-ring (bicyclic) bond motifs is 1. The van der Waals surface area contributed by atoms with Crippen molar-refractivity contribution in [3.8, 4) is 5.75 Å². The van der Waals surface area contributed by atoms with E-state index in [0.717, 1.165) is 48.2 Å². The summed E-state index contributed by atoms with van der Waals surface area (Å²) in [5.41, 5.74) is -0.329. The fraction of sp³-hybridized carbons (Fsp3) is 0.321. The van der Waals surface area contributed by atoms with Crippen molar-refractivity contribution in [1.29, 1.82) is 0 Å². The van der Waals surface area contributed by atoms with Gasteiger partial charge in [0.05, 0.1) is 22.8 Å². The number of piperidine rings is 1. The third kappa shape index (κ3) is 6.34. The first-order valence-corrected chi connectivity index (χ1v) is 14.9. The zero-order valence-electron chi connectivity index (χ0n) is 22.2. The molecule has 2 aliphatic heterocycles. The second kappa shape index (κ2) is 12.3. The lowest BCUT2D eigenvalue weighted by molar-refractivity contribution is 0.0740. The monoisotopic (exact) mass is 656 g/mol. The van der Waals surface area contributed by atoms with E-state index in [-0.39, 0.29) is 44.5 Å². The maximum absolute atomic E-state index is 14.0. The molecule has 42 heavy (non-hydrogen) atoms. The molecule has 1 aromatic heterocycles. The Kier molecular flexibility index (Phi) is 8.94. The van der Waals surface area contributed by atoms with Gasteiger partial charge in [0.2, 0.25) is 0 Å². The Bertz CT molecular complexity index is 1590. The van der Waals surface area contributed by atoms with Gasteiger partial charge in [-0.2, -0.15) is 8.78 Å². The van der Waals surface area contributed by atoms with E-state index in [1.807, 2.05) is 4.98 Å². The Hall–Kier alpha value is -2.99. The molecule has 3 aromatic rings. The summed E-state index contributed by atoms with van der Waals surface area (Å²) in [6, 6.07) is 8.89. The van der Waals surface area contributed by atoms with Crippen LogP contribution in [0.5, 0.6) is 5.75 Å². The molecule has 0 bridgehead atoms. The number of likely N-dealkylation sites (tertiary alicyclic amines) is 1. The Morgan fingerprint density at radius 2 is 1.67 bits per heavy atom. The van der Waals surface area contributed by atoms with Crippen LogP contribution in [0, 0.1) is 0 Å². The molecule has 3 heterocycles. The summed E-state index contributed by atoms with van der Waals surface area (Å²) >= 11 is 18.6. The number of carbonyl (C=O) groups is 2. The third-order valence-corrected chi connectivity index (χ3v) is 9.31. The lowest BCUT2D eigenvalue weighted by Crippen LogP contribution is -2.38. The second-order valence-electron chi connectivity index (χ2n) is 9.86. The van der Waals surface area contributed by atoms with Crippen molar-refractivity contribution in [1.82, 2.24) is 14.8 Å². The molecule has 2 N–H and O–H groups in total. The van der Waals surface area contributed by atoms with Gasteiger partial charge in [-0.25, -0.2) is 4.79 Å². The fourth-order valence-corrected chi connectivity index (χ4v) is 6.69. The highest BCUT2D eigenvalue weighted by atomic mass is 35.5. The number of amides is 3. The molecule has 1 saturated heterocycles. The predicted octanol–water partition coefficient (Wildman–Crippen LogP) is 7.30. The van der Waals surface area contributed by atoms with Crippen molar-refractivity contribution in [2.45, 2.75) is 47.5 Å². The highest BCUT2D eigenvalue weighted by molar-refractivity contribution is 7.99. The van der Waals surface area contributed by atoms with Gasteiger partial charge >= 0.3 is 11.4 Å². The van der Waals surface area contributed by atoms with Gasteiger partial charge in [-0.1, -0.05) is 41.0 Å². The number of aromatic nitrogens is 1. The molecular weight excluding hydrogens is 633 g/mol. The molecule has 0 saturated carbocycles. The van der Waals surface area contributed by atoms with E-state index in [9.17, 15) is 23.2 Å². The van der Waals surface area contributed by atoms with Crippen LogP contribution in [-0.4, -0.2) is 46.9 Å². The number of nitrogens with one attached hydrogen (secondary N) is 2. The molecule has 222 valence electrons. The smallest absolute Gasteiger partial charge is 0.362 e. The molecule has 5 rings (SSSR count). The summed E-state index contributed by atoms with van der Waals surface area (Å²) in [7, 11) is 1.48. The summed E-state index contributed by atoms with van der Waals surface area (Å²) in [6.45, 7) is 1.57. The molecule has 0 aliphatic carbocycles. The molecule has 0 atom stereocenters. The summed E-state index contributed by atoms with van der Waals surface area (Å²) in [5.74, 6) is -0.273. The molecule has 1 fully saturated rings. The van der Waals surface area contributed by atoms with Crippen LogP contribution in [0.2, 0.25) is 10.0 Å². The van der Waals surface area contributed by atoms with E-state index in [2.05, 4.69) is 5.32 Å². The average molecular weight is 658 g/mol. The number of pyridine rings is 1. The quantitative estimate of drug-likeness (QED) is 0.271. The number of rotatable bonds is 6. The normalized spacial score (nSPS) is 15.0. The minimum atomic E-state index is -3.89. The van der Waals surface area contributed by atoms with Crippen LogP contribution < -0.4 is 15.6 Å². The highest BCUT2D eigenvalue weighted by Gasteiger charge is 2.35. The third-order valence-electron chi connectivity index (χ3n) is 7.06. The number of hydrogen-bond donors (Lipinski definition) is 2. The average Bonchev–Trinajstić information content (AvgIpc) is 3.37. The fourth-order valence-electron chi connectivity index (χ4n) is 4.95. The number of alkyl halides is 3. The van der Waals surface area contributed by atoms with Crippen LogP contribution in [0.3, 0.4) is 0 Å². The maximum Gasteiger partial charge on any atom is 0.362 e. The van der Waals surface area contributed by atoms with Crippen molar-refractivity contribution in [2.24, 2.45) is 0 Å². The van der Waals surface area contributed by atoms with Gasteiger partial charge in [0, 0.05) is 36.0 Å². The number of methoxy groups -OCH3 is 1. The second-order valence-corrected chi connectivity index (χ2v) is 12.2. The van der Waals surface area contributed by atoms with Crippen LogP contribution >= 0.6 is 46.6 Å². The highest BCUT2D eigenvalue weighted by Crippen LogP contribution is 2.42. The topological polar surface area (TPSA) is 94.7 Å². The van der Waals surface area contributed by atoms with E-state index >= 15 is 0 Å². The van der Waals surface area contributed by atoms with Crippen molar-refractivity contribution >= 4 is 64.2 Å². The largest absolute Gasteiger partial charge is 0.495 e. The van der Waals surface area contributed by atoms with Crippen molar-refractivity contribution in [3.05, 3.63) is 79.2 Å². The number of carbonyl (C=O) groups excluding carboxylic acids is 2. The standard InChI is InChI=1S/C28H25Cl3F2N4O4S/c1-41-20-11-16-14-37(13-15(16)10-19(20)34-27(40)36-8-3-2-4-9-36)26(39)23-21(12-22(28(31,32)33)35-25(23)38)42-24-17(29)6-5-7-18(24)30/h5-7,10-12H,2-4,8-9,13-14H2,1H3,(H,34,40)(H,35,38). The van der Waals surface area contributed by atoms with Crippen LogP contribution in [0.1, 0.15) is 46.4 Å². The molecule has 2 aliphatic rings. The van der Waals surface area contributed by atoms with Crippen molar-refractivity contribution < 1.29 is 23.1 Å². The summed E-state index contributed by atoms with van der Waals surface area (Å²) in [6.07, 6.45) is 2.97. The van der Waals surface area contributed by atoms with Crippen LogP contribution in [0.4, 0.5) is 19.3 Å². The SMILES string of the molecule is COc1cc2c(cc1NC(=O)N1CCCCC1)CN(C(=O)c1c(Sc3c(Cl)cccc3Cl)cc(C(F)(F)Cl)[nH]c1=O)C2. The molecular formula is C28H25Cl3F2N4O4S. The molecule has 3 amide bonds. The van der Waals surface area contributed by atoms with E-state index in [0.29, 0.717) is 24.5 Å². The minimum Gasteiger partial charge on any atom is -0.495 e. The number of halogens is 5. The number of benzene rings is 2. The first kappa shape index (κ1) is 30.5. The first-order chi connectivity index (χ1) is 20.0. The number of aromatic amines is 1. The van der Waals surface area contributed by atoms with Gasteiger partial charge in [-0.05, 0) is 72.3 Å². The number of H-pyrrole nitrogens is 1. The van der Waals surface area contributed by atoms with Crippen molar-refractivity contribution in [3.63, 3.8) is 0 Å². The summed E-state index contributed by atoms with van der Waals surface area (Å²) in [5, 5.41) is -0.562. The maximum atomic E-state index is 14.0. The Balaban J connectivity index is 1.46. The van der Waals surface area contributed by atoms with Crippen LogP contribution in [-0.2, 0) is 18.5 Å². The van der Waals surface area contributed by atoms with Gasteiger partial charge in [-0.15, -0.1) is 0 Å². The van der Waals surface area contributed by atoms with E-state index < -0.39 is 22.5 Å². The van der Waals surface area contributed by atoms with Gasteiger partial charge in [0.15, 0.2) is 0 Å². The number of hydrogen-bond acceptors (Lipinski definition) is 5. The molecule has 14 heteroatoms. The Labute approximate surface area is 259 Å². The zero-order chi connectivity index (χ0) is 30.2. The number of anilines is 1. The van der Waals surface area contributed by atoms with Gasteiger partial charge < -0.3 is 24.8 Å². The predicted molar refractivity (Wildman–Crippen MR) is 158 cm³/mol. The number of urea groups is 1. The van der Waals surface area contributed by atoms with Crippen LogP contribution in [0.25, 0.3) is 0 Å². The number of ether oxygens (including phenoxy) is 1. The zero-order valence-corrected chi connectivity index (χ0v) is 25.3. The lowest BCUT2D eigenvalue weighted by Gasteiger charge is -2.27. The van der Waals surface area contributed by atoms with Crippen LogP contribution in [0.15, 0.2) is 51.0 Å². The lowest BCUT2D eigenvalue weighted by atomic mass is 10.1. The van der Waals surface area contributed by atoms with Crippen molar-refractivity contribution in [2.75, 3.05) is 25.5 Å². The summed E-state index contributed by atoms with van der Waals surface area (Å²) < 4.78 is 33.6. The molecule has 0 spiro atoms. The molecule has 0 radical (unpaired) electrons. The Morgan fingerprint density at radius 1 is 1.02 bits per heavy atom. The van der Waals surface area contributed by atoms with E-state index in [4.69, 9.17) is 39.5 Å². The molecule has 2 aromatic carbocycles. The molecule has 0 unspecified atom stereocenters.